The highest BCUT2D eigenvalue weighted by atomic mass is 19.1. The number of ether oxygens (including phenoxy) is 1. The van der Waals surface area contributed by atoms with E-state index in [2.05, 4.69) is 5.32 Å². The van der Waals surface area contributed by atoms with Crippen LogP contribution in [0.5, 0.6) is 5.75 Å². The van der Waals surface area contributed by atoms with Gasteiger partial charge in [-0.25, -0.2) is 4.39 Å². The summed E-state index contributed by atoms with van der Waals surface area (Å²) in [7, 11) is 3.99. The summed E-state index contributed by atoms with van der Waals surface area (Å²) in [5, 5.41) is 3.17. The molecule has 0 aliphatic carbocycles. The number of nitrogens with one attached hydrogen (secondary N) is 1. The quantitative estimate of drug-likeness (QED) is 0.787. The van der Waals surface area contributed by atoms with Crippen LogP contribution in [-0.2, 0) is 6.54 Å². The van der Waals surface area contributed by atoms with Crippen molar-refractivity contribution in [1.82, 2.24) is 10.2 Å². The smallest absolute Gasteiger partial charge is 0.124 e. The van der Waals surface area contributed by atoms with Crippen LogP contribution in [0.3, 0.4) is 0 Å². The number of rotatable bonds is 7. The number of nitrogens with zero attached hydrogens (tertiary/aromatic N) is 1. The van der Waals surface area contributed by atoms with Gasteiger partial charge in [-0.15, -0.1) is 0 Å². The fraction of sp³-hybridized carbons (Fsp3) is 0.538. The Balaban J connectivity index is 2.62. The predicted molar refractivity (Wildman–Crippen MR) is 67.8 cm³/mol. The van der Waals surface area contributed by atoms with E-state index in [9.17, 15) is 4.39 Å². The number of benzene rings is 1. The molecule has 96 valence electrons. The van der Waals surface area contributed by atoms with Crippen molar-refractivity contribution in [3.8, 4) is 5.75 Å². The van der Waals surface area contributed by atoms with Gasteiger partial charge in [0.05, 0.1) is 0 Å². The third-order valence-corrected chi connectivity index (χ3v) is 2.38. The molecule has 1 aromatic carbocycles. The Hall–Kier alpha value is -1.13. The van der Waals surface area contributed by atoms with E-state index in [1.807, 2.05) is 25.9 Å². The minimum Gasteiger partial charge on any atom is -0.492 e. The largest absolute Gasteiger partial charge is 0.492 e. The molecule has 0 aromatic heterocycles. The molecule has 0 radical (unpaired) electrons. The minimum absolute atomic E-state index is 0.224. The van der Waals surface area contributed by atoms with Crippen molar-refractivity contribution in [1.29, 1.82) is 0 Å². The van der Waals surface area contributed by atoms with Crippen molar-refractivity contribution in [3.63, 3.8) is 0 Å². The van der Waals surface area contributed by atoms with Gasteiger partial charge in [0.2, 0.25) is 0 Å². The molecule has 1 aromatic rings. The number of halogens is 1. The Labute approximate surface area is 103 Å². The first-order valence-electron chi connectivity index (χ1n) is 5.90. The summed E-state index contributed by atoms with van der Waals surface area (Å²) in [6.07, 6.45) is 0. The highest BCUT2D eigenvalue weighted by Gasteiger charge is 2.05. The molecule has 0 aliphatic rings. The number of hydrogen-bond donors (Lipinski definition) is 1. The zero-order chi connectivity index (χ0) is 12.7. The van der Waals surface area contributed by atoms with Gasteiger partial charge >= 0.3 is 0 Å². The van der Waals surface area contributed by atoms with Gasteiger partial charge in [0, 0.05) is 18.7 Å². The van der Waals surface area contributed by atoms with E-state index < -0.39 is 0 Å². The Bertz CT molecular complexity index is 342. The Morgan fingerprint density at radius 3 is 2.76 bits per heavy atom. The van der Waals surface area contributed by atoms with Crippen LogP contribution in [0.2, 0.25) is 0 Å². The Kier molecular flexibility index (Phi) is 5.94. The second kappa shape index (κ2) is 7.25. The summed E-state index contributed by atoms with van der Waals surface area (Å²) in [5.74, 6) is 0.534. The predicted octanol–water partition coefficient (Wildman–Crippen LogP) is 1.88. The fourth-order valence-electron chi connectivity index (χ4n) is 1.42. The van der Waals surface area contributed by atoms with E-state index in [-0.39, 0.29) is 5.82 Å². The van der Waals surface area contributed by atoms with Crippen LogP contribution < -0.4 is 10.1 Å². The number of likely N-dealkylation sites (N-methyl/N-ethyl adjacent to an activating group) is 1. The summed E-state index contributed by atoms with van der Waals surface area (Å²) in [4.78, 5) is 2.05. The van der Waals surface area contributed by atoms with E-state index in [1.165, 1.54) is 12.1 Å². The van der Waals surface area contributed by atoms with Gasteiger partial charge in [0.25, 0.3) is 0 Å². The highest BCUT2D eigenvalue weighted by molar-refractivity contribution is 5.33. The van der Waals surface area contributed by atoms with Crippen LogP contribution in [-0.4, -0.2) is 38.7 Å². The summed E-state index contributed by atoms with van der Waals surface area (Å²) < 4.78 is 18.8. The molecule has 0 spiro atoms. The summed E-state index contributed by atoms with van der Waals surface area (Å²) in [6.45, 7) is 4.96. The first-order valence-corrected chi connectivity index (χ1v) is 5.90. The first-order chi connectivity index (χ1) is 8.13. The van der Waals surface area contributed by atoms with Crippen LogP contribution in [0.25, 0.3) is 0 Å². The van der Waals surface area contributed by atoms with Crippen molar-refractivity contribution in [3.05, 3.63) is 29.6 Å². The topological polar surface area (TPSA) is 24.5 Å². The van der Waals surface area contributed by atoms with Crippen molar-refractivity contribution in [2.75, 3.05) is 33.8 Å². The lowest BCUT2D eigenvalue weighted by atomic mass is 10.2. The van der Waals surface area contributed by atoms with Gasteiger partial charge in [-0.2, -0.15) is 0 Å². The SMILES string of the molecule is CCNCc1cc(F)ccc1OCCN(C)C. The Morgan fingerprint density at radius 2 is 2.12 bits per heavy atom. The van der Waals surface area contributed by atoms with Crippen molar-refractivity contribution < 1.29 is 9.13 Å². The van der Waals surface area contributed by atoms with Gasteiger partial charge < -0.3 is 15.0 Å². The molecule has 0 saturated heterocycles. The van der Waals surface area contributed by atoms with E-state index in [0.717, 1.165) is 24.4 Å². The second-order valence-corrected chi connectivity index (χ2v) is 4.18. The molecule has 0 unspecified atom stereocenters. The third kappa shape index (κ3) is 5.15. The summed E-state index contributed by atoms with van der Waals surface area (Å²) in [6, 6.07) is 4.64. The molecule has 0 heterocycles. The highest BCUT2D eigenvalue weighted by Crippen LogP contribution is 2.19. The standard InChI is InChI=1S/C13H21FN2O/c1-4-15-10-11-9-12(14)5-6-13(11)17-8-7-16(2)3/h5-6,9,15H,4,7-8,10H2,1-3H3. The monoisotopic (exact) mass is 240 g/mol. The molecule has 0 fully saturated rings. The van der Waals surface area contributed by atoms with E-state index in [4.69, 9.17) is 4.74 Å². The lowest BCUT2D eigenvalue weighted by Gasteiger charge is -2.14. The van der Waals surface area contributed by atoms with Gasteiger partial charge in [-0.3, -0.25) is 0 Å². The van der Waals surface area contributed by atoms with Crippen LogP contribution in [0.15, 0.2) is 18.2 Å². The first kappa shape index (κ1) is 13.9. The molecule has 1 N–H and O–H groups in total. The summed E-state index contributed by atoms with van der Waals surface area (Å²) in [5.41, 5.74) is 0.866. The van der Waals surface area contributed by atoms with Crippen molar-refractivity contribution >= 4 is 0 Å². The molecule has 3 nitrogen and oxygen atoms in total. The normalized spacial score (nSPS) is 10.9. The maximum Gasteiger partial charge on any atom is 0.124 e. The average Bonchev–Trinajstić information content (AvgIpc) is 2.28. The van der Waals surface area contributed by atoms with E-state index in [0.29, 0.717) is 13.2 Å². The zero-order valence-electron chi connectivity index (χ0n) is 10.8. The fourth-order valence-corrected chi connectivity index (χ4v) is 1.42. The molecule has 4 heteroatoms. The average molecular weight is 240 g/mol. The van der Waals surface area contributed by atoms with Crippen LogP contribution in [0.4, 0.5) is 4.39 Å². The third-order valence-electron chi connectivity index (χ3n) is 2.38. The van der Waals surface area contributed by atoms with Crippen LogP contribution in [0, 0.1) is 5.82 Å². The van der Waals surface area contributed by atoms with E-state index >= 15 is 0 Å². The number of hydrogen-bond acceptors (Lipinski definition) is 3. The lowest BCUT2D eigenvalue weighted by Crippen LogP contribution is -2.20. The molecule has 0 amide bonds. The van der Waals surface area contributed by atoms with Gasteiger partial charge in [-0.1, -0.05) is 6.92 Å². The Morgan fingerprint density at radius 1 is 1.35 bits per heavy atom. The second-order valence-electron chi connectivity index (χ2n) is 4.18. The lowest BCUT2D eigenvalue weighted by molar-refractivity contribution is 0.259. The van der Waals surface area contributed by atoms with Gasteiger partial charge in [0.15, 0.2) is 0 Å². The molecule has 0 bridgehead atoms. The molecule has 0 saturated carbocycles. The zero-order valence-corrected chi connectivity index (χ0v) is 10.8. The minimum atomic E-state index is -0.224. The van der Waals surface area contributed by atoms with E-state index in [1.54, 1.807) is 6.07 Å². The van der Waals surface area contributed by atoms with Crippen LogP contribution in [0.1, 0.15) is 12.5 Å². The van der Waals surface area contributed by atoms with Gasteiger partial charge in [0.1, 0.15) is 18.2 Å². The van der Waals surface area contributed by atoms with Gasteiger partial charge in [-0.05, 0) is 38.8 Å². The molecule has 17 heavy (non-hydrogen) atoms. The molecule has 0 aliphatic heterocycles. The van der Waals surface area contributed by atoms with Crippen molar-refractivity contribution in [2.45, 2.75) is 13.5 Å². The molecule has 1 rings (SSSR count). The maximum atomic E-state index is 13.1. The molecular weight excluding hydrogens is 219 g/mol. The molecule has 0 atom stereocenters. The molecular formula is C13H21FN2O. The van der Waals surface area contributed by atoms with Crippen molar-refractivity contribution in [2.24, 2.45) is 0 Å². The van der Waals surface area contributed by atoms with Crippen LogP contribution >= 0.6 is 0 Å². The maximum absolute atomic E-state index is 13.1. The summed E-state index contributed by atoms with van der Waals surface area (Å²) >= 11 is 0.